The van der Waals surface area contributed by atoms with Crippen molar-refractivity contribution in [3.63, 3.8) is 0 Å². The molecule has 1 heterocycles. The number of rotatable bonds is 3. The zero-order chi connectivity index (χ0) is 13.9. The van der Waals surface area contributed by atoms with Gasteiger partial charge in [0.15, 0.2) is 0 Å². The first-order valence-corrected chi connectivity index (χ1v) is 6.33. The number of carbonyl (C=O) groups excluding carboxylic acids is 1. The van der Waals surface area contributed by atoms with Crippen LogP contribution >= 0.6 is 0 Å². The van der Waals surface area contributed by atoms with Crippen LogP contribution in [-0.4, -0.2) is 10.7 Å². The van der Waals surface area contributed by atoms with Gasteiger partial charge in [0.25, 0.3) is 0 Å². The number of ether oxygens (including phenoxy) is 1. The Morgan fingerprint density at radius 1 is 1.05 bits per heavy atom. The maximum atomic E-state index is 11.0. The molecule has 0 atom stereocenters. The van der Waals surface area contributed by atoms with Gasteiger partial charge in [0.05, 0.1) is 12.1 Å². The Hall–Kier alpha value is -2.75. The summed E-state index contributed by atoms with van der Waals surface area (Å²) in [6, 6.07) is 19.7. The molecule has 0 radical (unpaired) electrons. The Bertz CT molecular complexity index is 748. The molecule has 2 N–H and O–H groups in total. The Kier molecular flexibility index (Phi) is 3.13. The Labute approximate surface area is 116 Å². The molecule has 0 unspecified atom stereocenters. The number of nitrogens with two attached hydrogens (primary N) is 1. The molecule has 1 aromatic heterocycles. The third kappa shape index (κ3) is 2.36. The fraction of sp³-hybridized carbons (Fsp3) is 0.0625. The molecule has 2 aromatic carbocycles. The monoisotopic (exact) mass is 266 g/mol. The van der Waals surface area contributed by atoms with Crippen molar-refractivity contribution >= 4 is 17.0 Å². The van der Waals surface area contributed by atoms with Gasteiger partial charge in [-0.1, -0.05) is 48.5 Å². The van der Waals surface area contributed by atoms with Crippen LogP contribution in [0.3, 0.4) is 0 Å². The van der Waals surface area contributed by atoms with Crippen molar-refractivity contribution in [2.24, 2.45) is 5.73 Å². The van der Waals surface area contributed by atoms with Crippen LogP contribution in [0.4, 0.5) is 4.79 Å². The number of nitrogens with zero attached hydrogens (tertiary/aromatic N) is 1. The Balaban J connectivity index is 2.08. The highest BCUT2D eigenvalue weighted by Crippen LogP contribution is 2.26. The summed E-state index contributed by atoms with van der Waals surface area (Å²) in [5.41, 5.74) is 7.27. The SMILES string of the molecule is NC(=O)Oc1cc2ccccc2n1Cc1ccccc1. The van der Waals surface area contributed by atoms with Gasteiger partial charge in [0.1, 0.15) is 0 Å². The highest BCUT2D eigenvalue weighted by atomic mass is 16.6. The van der Waals surface area contributed by atoms with Gasteiger partial charge in [-0.2, -0.15) is 0 Å². The van der Waals surface area contributed by atoms with Gasteiger partial charge in [-0.15, -0.1) is 0 Å². The van der Waals surface area contributed by atoms with Crippen LogP contribution in [0.1, 0.15) is 5.56 Å². The van der Waals surface area contributed by atoms with Crippen molar-refractivity contribution in [1.29, 1.82) is 0 Å². The van der Waals surface area contributed by atoms with Gasteiger partial charge in [0.2, 0.25) is 5.88 Å². The highest BCUT2D eigenvalue weighted by Gasteiger charge is 2.11. The first-order chi connectivity index (χ1) is 9.74. The molecule has 0 aliphatic carbocycles. The number of hydrogen-bond acceptors (Lipinski definition) is 2. The zero-order valence-corrected chi connectivity index (χ0v) is 10.8. The van der Waals surface area contributed by atoms with Gasteiger partial charge in [-0.05, 0) is 11.6 Å². The second-order valence-electron chi connectivity index (χ2n) is 4.53. The number of carbonyl (C=O) groups is 1. The molecule has 0 fully saturated rings. The summed E-state index contributed by atoms with van der Waals surface area (Å²) in [5.74, 6) is 0.461. The molecule has 3 aromatic rings. The molecule has 20 heavy (non-hydrogen) atoms. The third-order valence-electron chi connectivity index (χ3n) is 3.16. The number of benzene rings is 2. The summed E-state index contributed by atoms with van der Waals surface area (Å²) >= 11 is 0. The van der Waals surface area contributed by atoms with Crippen molar-refractivity contribution < 1.29 is 9.53 Å². The van der Waals surface area contributed by atoms with Crippen LogP contribution in [-0.2, 0) is 6.54 Å². The molecule has 0 bridgehead atoms. The van der Waals surface area contributed by atoms with Crippen LogP contribution in [0.15, 0.2) is 60.7 Å². The normalized spacial score (nSPS) is 10.6. The van der Waals surface area contributed by atoms with Crippen molar-refractivity contribution in [3.05, 3.63) is 66.2 Å². The van der Waals surface area contributed by atoms with Crippen molar-refractivity contribution in [2.45, 2.75) is 6.54 Å². The molecule has 0 saturated carbocycles. The molecule has 4 nitrogen and oxygen atoms in total. The van der Waals surface area contributed by atoms with Gasteiger partial charge in [-0.25, -0.2) is 4.79 Å². The second kappa shape index (κ2) is 5.09. The lowest BCUT2D eigenvalue weighted by Gasteiger charge is -2.09. The van der Waals surface area contributed by atoms with Crippen LogP contribution in [0, 0.1) is 0 Å². The maximum absolute atomic E-state index is 11.0. The summed E-state index contributed by atoms with van der Waals surface area (Å²) in [4.78, 5) is 11.0. The number of fused-ring (bicyclic) bond motifs is 1. The first kappa shape index (κ1) is 12.3. The fourth-order valence-electron chi connectivity index (χ4n) is 2.30. The summed E-state index contributed by atoms with van der Waals surface area (Å²) in [6.45, 7) is 0.622. The standard InChI is InChI=1S/C16H14N2O2/c17-16(19)20-15-10-13-8-4-5-9-14(13)18(15)11-12-6-2-1-3-7-12/h1-10H,11H2,(H2,17,19). The van der Waals surface area contributed by atoms with Crippen molar-refractivity contribution in [2.75, 3.05) is 0 Å². The van der Waals surface area contributed by atoms with Gasteiger partial charge in [-0.3, -0.25) is 0 Å². The van der Waals surface area contributed by atoms with Crippen LogP contribution in [0.2, 0.25) is 0 Å². The van der Waals surface area contributed by atoms with Crippen LogP contribution in [0.5, 0.6) is 5.88 Å². The minimum Gasteiger partial charge on any atom is -0.393 e. The summed E-state index contributed by atoms with van der Waals surface area (Å²) < 4.78 is 7.04. The van der Waals surface area contributed by atoms with E-state index in [2.05, 4.69) is 0 Å². The molecule has 0 spiro atoms. The smallest absolute Gasteiger partial charge is 0.393 e. The van der Waals surface area contributed by atoms with E-state index in [1.807, 2.05) is 65.2 Å². The van der Waals surface area contributed by atoms with E-state index in [9.17, 15) is 4.79 Å². The molecule has 0 aliphatic rings. The van der Waals surface area contributed by atoms with E-state index in [1.165, 1.54) is 0 Å². The van der Waals surface area contributed by atoms with E-state index < -0.39 is 6.09 Å². The Morgan fingerprint density at radius 2 is 1.75 bits per heavy atom. The second-order valence-corrected chi connectivity index (χ2v) is 4.53. The van der Waals surface area contributed by atoms with Gasteiger partial charge < -0.3 is 15.0 Å². The first-order valence-electron chi connectivity index (χ1n) is 6.33. The molecule has 1 amide bonds. The molecule has 4 heteroatoms. The third-order valence-corrected chi connectivity index (χ3v) is 3.16. The predicted octanol–water partition coefficient (Wildman–Crippen LogP) is 3.15. The molecule has 3 rings (SSSR count). The van der Waals surface area contributed by atoms with Gasteiger partial charge >= 0.3 is 6.09 Å². The molecule has 100 valence electrons. The lowest BCUT2D eigenvalue weighted by Crippen LogP contribution is -2.18. The van der Waals surface area contributed by atoms with Crippen molar-refractivity contribution in [1.82, 2.24) is 4.57 Å². The van der Waals surface area contributed by atoms with E-state index in [-0.39, 0.29) is 0 Å². The maximum Gasteiger partial charge on any atom is 0.411 e. The predicted molar refractivity (Wildman–Crippen MR) is 77.7 cm³/mol. The van der Waals surface area contributed by atoms with E-state index in [1.54, 1.807) is 0 Å². The minimum absolute atomic E-state index is 0.461. The molecular weight excluding hydrogens is 252 g/mol. The van der Waals surface area contributed by atoms with Crippen molar-refractivity contribution in [3.8, 4) is 5.88 Å². The topological polar surface area (TPSA) is 57.3 Å². The largest absolute Gasteiger partial charge is 0.411 e. The number of primary amides is 1. The molecule has 0 aliphatic heterocycles. The summed E-state index contributed by atoms with van der Waals surface area (Å²) in [6.07, 6.45) is -0.804. The number of amides is 1. The highest BCUT2D eigenvalue weighted by molar-refractivity contribution is 5.83. The van der Waals surface area contributed by atoms with E-state index >= 15 is 0 Å². The average molecular weight is 266 g/mol. The summed E-state index contributed by atoms with van der Waals surface area (Å²) in [7, 11) is 0. The lowest BCUT2D eigenvalue weighted by atomic mass is 10.2. The fourth-order valence-corrected chi connectivity index (χ4v) is 2.30. The lowest BCUT2D eigenvalue weighted by molar-refractivity contribution is 0.207. The van der Waals surface area contributed by atoms with E-state index in [0.717, 1.165) is 16.5 Å². The number of para-hydroxylation sites is 1. The van der Waals surface area contributed by atoms with Crippen LogP contribution < -0.4 is 10.5 Å². The Morgan fingerprint density at radius 3 is 2.50 bits per heavy atom. The molecular formula is C16H14N2O2. The number of aromatic nitrogens is 1. The van der Waals surface area contributed by atoms with Crippen LogP contribution in [0.25, 0.3) is 10.9 Å². The number of hydrogen-bond donors (Lipinski definition) is 1. The minimum atomic E-state index is -0.804. The average Bonchev–Trinajstić information content (AvgIpc) is 2.77. The van der Waals surface area contributed by atoms with E-state index in [0.29, 0.717) is 12.4 Å². The zero-order valence-electron chi connectivity index (χ0n) is 10.8. The van der Waals surface area contributed by atoms with E-state index in [4.69, 9.17) is 10.5 Å². The molecule has 0 saturated heterocycles. The quantitative estimate of drug-likeness (QED) is 0.791. The summed E-state index contributed by atoms with van der Waals surface area (Å²) in [5, 5.41) is 1.01. The van der Waals surface area contributed by atoms with Gasteiger partial charge in [0, 0.05) is 11.5 Å².